The van der Waals surface area contributed by atoms with Crippen LogP contribution in [0.4, 0.5) is 0 Å². The van der Waals surface area contributed by atoms with Crippen molar-refractivity contribution in [1.29, 1.82) is 0 Å². The van der Waals surface area contributed by atoms with Crippen LogP contribution in [0, 0.1) is 5.41 Å². The van der Waals surface area contributed by atoms with Gasteiger partial charge in [-0.1, -0.05) is 13.8 Å². The summed E-state index contributed by atoms with van der Waals surface area (Å²) in [5, 5.41) is 3.43. The minimum atomic E-state index is -3.27. The normalized spacial score (nSPS) is 29.6. The summed E-state index contributed by atoms with van der Waals surface area (Å²) in [6.07, 6.45) is 4.28. The standard InChI is InChI=1S/C12H25N3O2S/c1-12(2)6-5-7-13-11(12)10-14-18(16,17)15-8-3-4-9-15/h11,13-14H,3-10H2,1-2H3. The predicted octanol–water partition coefficient (Wildman–Crippen LogP) is 0.695. The molecule has 2 aliphatic heterocycles. The van der Waals surface area contributed by atoms with Crippen molar-refractivity contribution in [1.82, 2.24) is 14.3 Å². The average Bonchev–Trinajstić information content (AvgIpc) is 2.81. The van der Waals surface area contributed by atoms with Gasteiger partial charge in [-0.3, -0.25) is 0 Å². The molecule has 2 heterocycles. The Morgan fingerprint density at radius 1 is 1.28 bits per heavy atom. The summed E-state index contributed by atoms with van der Waals surface area (Å²) >= 11 is 0. The summed E-state index contributed by atoms with van der Waals surface area (Å²) in [7, 11) is -3.27. The Labute approximate surface area is 110 Å². The zero-order valence-electron chi connectivity index (χ0n) is 11.4. The first-order valence-corrected chi connectivity index (χ1v) is 8.34. The fourth-order valence-electron chi connectivity index (χ4n) is 2.83. The lowest BCUT2D eigenvalue weighted by Crippen LogP contribution is -2.54. The third-order valence-electron chi connectivity index (χ3n) is 4.21. The summed E-state index contributed by atoms with van der Waals surface area (Å²) in [4.78, 5) is 0. The Kier molecular flexibility index (Phi) is 4.31. The second kappa shape index (κ2) is 5.45. The molecule has 2 rings (SSSR count). The smallest absolute Gasteiger partial charge is 0.279 e. The van der Waals surface area contributed by atoms with Gasteiger partial charge in [-0.05, 0) is 37.6 Å². The van der Waals surface area contributed by atoms with E-state index in [0.29, 0.717) is 19.6 Å². The molecule has 0 aromatic carbocycles. The third kappa shape index (κ3) is 3.23. The third-order valence-corrected chi connectivity index (χ3v) is 5.78. The van der Waals surface area contributed by atoms with E-state index in [0.717, 1.165) is 25.8 Å². The van der Waals surface area contributed by atoms with Gasteiger partial charge in [0.1, 0.15) is 0 Å². The number of piperidine rings is 1. The van der Waals surface area contributed by atoms with Gasteiger partial charge in [0.05, 0.1) is 0 Å². The zero-order chi connectivity index (χ0) is 13.2. The van der Waals surface area contributed by atoms with E-state index in [4.69, 9.17) is 0 Å². The van der Waals surface area contributed by atoms with Crippen molar-refractivity contribution in [3.63, 3.8) is 0 Å². The lowest BCUT2D eigenvalue weighted by atomic mass is 9.78. The Morgan fingerprint density at radius 2 is 1.94 bits per heavy atom. The summed E-state index contributed by atoms with van der Waals surface area (Å²) < 4.78 is 28.5. The predicted molar refractivity (Wildman–Crippen MR) is 72.5 cm³/mol. The Balaban J connectivity index is 1.90. The van der Waals surface area contributed by atoms with Crippen LogP contribution in [0.2, 0.25) is 0 Å². The second-order valence-electron chi connectivity index (χ2n) is 6.06. The van der Waals surface area contributed by atoms with E-state index in [2.05, 4.69) is 23.9 Å². The fraction of sp³-hybridized carbons (Fsp3) is 1.00. The van der Waals surface area contributed by atoms with E-state index in [1.807, 2.05) is 0 Å². The van der Waals surface area contributed by atoms with Gasteiger partial charge < -0.3 is 5.32 Å². The van der Waals surface area contributed by atoms with Gasteiger partial charge in [-0.2, -0.15) is 12.7 Å². The molecule has 0 aromatic rings. The summed E-state index contributed by atoms with van der Waals surface area (Å²) in [6.45, 7) is 7.21. The Hall–Kier alpha value is -0.170. The second-order valence-corrected chi connectivity index (χ2v) is 7.81. The number of nitrogens with zero attached hydrogens (tertiary/aromatic N) is 1. The molecule has 2 saturated heterocycles. The quantitative estimate of drug-likeness (QED) is 0.794. The highest BCUT2D eigenvalue weighted by atomic mass is 32.2. The summed E-state index contributed by atoms with van der Waals surface area (Å²) in [6, 6.07) is 0.226. The molecule has 5 nitrogen and oxygen atoms in total. The lowest BCUT2D eigenvalue weighted by molar-refractivity contribution is 0.181. The number of rotatable bonds is 4. The molecular weight excluding hydrogens is 250 g/mol. The highest BCUT2D eigenvalue weighted by Crippen LogP contribution is 2.29. The van der Waals surface area contributed by atoms with Gasteiger partial charge in [-0.25, -0.2) is 4.72 Å². The first kappa shape index (κ1) is 14.2. The first-order valence-electron chi connectivity index (χ1n) is 6.90. The minimum Gasteiger partial charge on any atom is -0.312 e. The molecule has 18 heavy (non-hydrogen) atoms. The lowest BCUT2D eigenvalue weighted by Gasteiger charge is -2.39. The molecule has 0 bridgehead atoms. The first-order chi connectivity index (χ1) is 8.42. The maximum absolute atomic E-state index is 12.1. The molecule has 0 saturated carbocycles. The van der Waals surface area contributed by atoms with Gasteiger partial charge >= 0.3 is 0 Å². The van der Waals surface area contributed by atoms with Crippen molar-refractivity contribution in [2.75, 3.05) is 26.2 Å². The molecule has 2 N–H and O–H groups in total. The molecule has 0 aromatic heterocycles. The topological polar surface area (TPSA) is 61.4 Å². The largest absolute Gasteiger partial charge is 0.312 e. The molecule has 2 aliphatic rings. The van der Waals surface area contributed by atoms with Crippen molar-refractivity contribution in [3.8, 4) is 0 Å². The minimum absolute atomic E-state index is 0.159. The van der Waals surface area contributed by atoms with Crippen molar-refractivity contribution in [2.45, 2.75) is 45.6 Å². The van der Waals surface area contributed by atoms with Crippen LogP contribution in [-0.2, 0) is 10.2 Å². The molecule has 2 fully saturated rings. The molecule has 0 radical (unpaired) electrons. The molecule has 6 heteroatoms. The molecular formula is C12H25N3O2S. The fourth-order valence-corrected chi connectivity index (χ4v) is 4.13. The van der Waals surface area contributed by atoms with Gasteiger partial charge in [0.2, 0.25) is 0 Å². The van der Waals surface area contributed by atoms with Crippen LogP contribution in [0.1, 0.15) is 39.5 Å². The molecule has 0 spiro atoms. The van der Waals surface area contributed by atoms with E-state index >= 15 is 0 Å². The van der Waals surface area contributed by atoms with Crippen molar-refractivity contribution < 1.29 is 8.42 Å². The summed E-state index contributed by atoms with van der Waals surface area (Å²) in [5.41, 5.74) is 0.159. The zero-order valence-corrected chi connectivity index (χ0v) is 12.2. The van der Waals surface area contributed by atoms with Crippen LogP contribution >= 0.6 is 0 Å². The molecule has 1 atom stereocenters. The monoisotopic (exact) mass is 275 g/mol. The SMILES string of the molecule is CC1(C)CCCNC1CNS(=O)(=O)N1CCCC1. The molecule has 0 aliphatic carbocycles. The van der Waals surface area contributed by atoms with Crippen molar-refractivity contribution >= 4 is 10.2 Å². The van der Waals surface area contributed by atoms with Crippen molar-refractivity contribution in [2.24, 2.45) is 5.41 Å². The number of nitrogens with one attached hydrogen (secondary N) is 2. The van der Waals surface area contributed by atoms with E-state index in [1.165, 1.54) is 6.42 Å². The number of hydrogen-bond acceptors (Lipinski definition) is 3. The van der Waals surface area contributed by atoms with Crippen molar-refractivity contribution in [3.05, 3.63) is 0 Å². The van der Waals surface area contributed by atoms with Gasteiger partial charge in [-0.15, -0.1) is 0 Å². The van der Waals surface area contributed by atoms with Crippen LogP contribution in [0.3, 0.4) is 0 Å². The number of hydrogen-bond donors (Lipinski definition) is 2. The van der Waals surface area contributed by atoms with E-state index in [-0.39, 0.29) is 11.5 Å². The Morgan fingerprint density at radius 3 is 2.56 bits per heavy atom. The Bertz CT molecular complexity index is 375. The van der Waals surface area contributed by atoms with Gasteiger partial charge in [0, 0.05) is 25.7 Å². The molecule has 0 amide bonds. The maximum atomic E-state index is 12.1. The van der Waals surface area contributed by atoms with E-state index < -0.39 is 10.2 Å². The highest BCUT2D eigenvalue weighted by molar-refractivity contribution is 7.87. The molecule has 1 unspecified atom stereocenters. The van der Waals surface area contributed by atoms with E-state index in [9.17, 15) is 8.42 Å². The van der Waals surface area contributed by atoms with Crippen LogP contribution in [0.15, 0.2) is 0 Å². The van der Waals surface area contributed by atoms with E-state index in [1.54, 1.807) is 4.31 Å². The molecule has 106 valence electrons. The van der Waals surface area contributed by atoms with Gasteiger partial charge in [0.15, 0.2) is 0 Å². The van der Waals surface area contributed by atoms with Crippen LogP contribution in [-0.4, -0.2) is 44.9 Å². The van der Waals surface area contributed by atoms with Crippen LogP contribution < -0.4 is 10.0 Å². The van der Waals surface area contributed by atoms with Gasteiger partial charge in [0.25, 0.3) is 10.2 Å². The maximum Gasteiger partial charge on any atom is 0.279 e. The van der Waals surface area contributed by atoms with Crippen LogP contribution in [0.25, 0.3) is 0 Å². The highest BCUT2D eigenvalue weighted by Gasteiger charge is 2.33. The van der Waals surface area contributed by atoms with Crippen LogP contribution in [0.5, 0.6) is 0 Å². The summed E-state index contributed by atoms with van der Waals surface area (Å²) in [5.74, 6) is 0. The average molecular weight is 275 g/mol.